The van der Waals surface area contributed by atoms with Crippen molar-refractivity contribution in [3.05, 3.63) is 53.2 Å². The van der Waals surface area contributed by atoms with E-state index < -0.39 is 0 Å². The van der Waals surface area contributed by atoms with E-state index in [0.29, 0.717) is 31.0 Å². The van der Waals surface area contributed by atoms with E-state index in [1.54, 1.807) is 13.0 Å². The second-order valence-electron chi connectivity index (χ2n) is 8.10. The molecule has 170 valence electrons. The summed E-state index contributed by atoms with van der Waals surface area (Å²) in [5.74, 6) is 0.186. The number of fused-ring (bicyclic) bond motifs is 1. The second-order valence-corrected chi connectivity index (χ2v) is 8.10. The number of nitrogens with zero attached hydrogens (tertiary/aromatic N) is 6. The highest BCUT2D eigenvalue weighted by molar-refractivity contribution is 5.80. The summed E-state index contributed by atoms with van der Waals surface area (Å²) in [7, 11) is 0. The monoisotopic (exact) mass is 448 g/mol. The molecule has 33 heavy (non-hydrogen) atoms. The Balaban J connectivity index is 1.66. The van der Waals surface area contributed by atoms with Crippen molar-refractivity contribution in [2.24, 2.45) is 0 Å². The minimum atomic E-state index is -0.343. The van der Waals surface area contributed by atoms with Crippen LogP contribution in [0.15, 0.2) is 30.6 Å². The van der Waals surface area contributed by atoms with E-state index in [1.807, 2.05) is 24.0 Å². The SMILES string of the molecule is CC(=O)N1CCN(Cc2nc3cc(F)ccc3cc2[C@H](C)Nc2ncnc(N)c2C#N)CC1. The first kappa shape index (κ1) is 22.4. The number of hydrogen-bond donors (Lipinski definition) is 2. The second kappa shape index (κ2) is 9.34. The lowest BCUT2D eigenvalue weighted by Gasteiger charge is -2.34. The van der Waals surface area contributed by atoms with Gasteiger partial charge in [0.1, 0.15) is 35.4 Å². The fourth-order valence-electron chi connectivity index (χ4n) is 4.03. The van der Waals surface area contributed by atoms with Crippen molar-refractivity contribution in [3.8, 4) is 6.07 Å². The number of hydrogen-bond acceptors (Lipinski definition) is 8. The first-order chi connectivity index (χ1) is 15.9. The first-order valence-corrected chi connectivity index (χ1v) is 10.7. The Morgan fingerprint density at radius 3 is 2.73 bits per heavy atom. The Labute approximate surface area is 191 Å². The summed E-state index contributed by atoms with van der Waals surface area (Å²) in [6.07, 6.45) is 1.31. The number of carbonyl (C=O) groups excluding carboxylic acids is 1. The molecule has 9 nitrogen and oxygen atoms in total. The number of pyridine rings is 1. The van der Waals surface area contributed by atoms with Gasteiger partial charge in [-0.05, 0) is 30.7 Å². The van der Waals surface area contributed by atoms with Crippen molar-refractivity contribution in [1.82, 2.24) is 24.8 Å². The van der Waals surface area contributed by atoms with Crippen LogP contribution in [-0.2, 0) is 11.3 Å². The van der Waals surface area contributed by atoms with Crippen LogP contribution in [-0.4, -0.2) is 56.8 Å². The summed E-state index contributed by atoms with van der Waals surface area (Å²) in [5, 5.41) is 13.5. The van der Waals surface area contributed by atoms with Crippen LogP contribution < -0.4 is 11.1 Å². The van der Waals surface area contributed by atoms with Crippen LogP contribution in [0.5, 0.6) is 0 Å². The largest absolute Gasteiger partial charge is 0.382 e. The Morgan fingerprint density at radius 2 is 2.03 bits per heavy atom. The molecule has 1 atom stereocenters. The van der Waals surface area contributed by atoms with Crippen molar-refractivity contribution < 1.29 is 9.18 Å². The lowest BCUT2D eigenvalue weighted by Crippen LogP contribution is -2.47. The topological polar surface area (TPSA) is 124 Å². The average Bonchev–Trinajstić information content (AvgIpc) is 2.79. The zero-order valence-corrected chi connectivity index (χ0v) is 18.5. The lowest BCUT2D eigenvalue weighted by atomic mass is 10.0. The molecule has 10 heteroatoms. The number of nitrogens with one attached hydrogen (secondary N) is 1. The number of nitriles is 1. The molecule has 0 spiro atoms. The molecule has 2 aromatic heterocycles. The standard InChI is InChI=1S/C23H25FN8O/c1-14(29-23-19(11-25)22(26)27-13-28-23)18-9-16-3-4-17(24)10-20(16)30-21(18)12-31-5-7-32(8-6-31)15(2)33/h3-4,9-10,13-14H,5-8,12H2,1-2H3,(H3,26,27,28,29)/t14-/m0/s1. The Hall–Kier alpha value is -3.84. The van der Waals surface area contributed by atoms with Gasteiger partial charge in [0.2, 0.25) is 5.91 Å². The van der Waals surface area contributed by atoms with Gasteiger partial charge in [-0.1, -0.05) is 0 Å². The zero-order chi connectivity index (χ0) is 23.5. The van der Waals surface area contributed by atoms with Crippen LogP contribution in [0.3, 0.4) is 0 Å². The van der Waals surface area contributed by atoms with Gasteiger partial charge in [-0.2, -0.15) is 5.26 Å². The fourth-order valence-corrected chi connectivity index (χ4v) is 4.03. The number of amides is 1. The molecule has 1 aromatic carbocycles. The van der Waals surface area contributed by atoms with Crippen molar-refractivity contribution >= 4 is 28.4 Å². The highest BCUT2D eigenvalue weighted by atomic mass is 19.1. The number of anilines is 2. The zero-order valence-electron chi connectivity index (χ0n) is 18.5. The summed E-state index contributed by atoms with van der Waals surface area (Å²) in [6.45, 7) is 6.85. The van der Waals surface area contributed by atoms with Crippen LogP contribution >= 0.6 is 0 Å². The van der Waals surface area contributed by atoms with Crippen LogP contribution in [0, 0.1) is 17.1 Å². The minimum absolute atomic E-state index is 0.0740. The summed E-state index contributed by atoms with van der Waals surface area (Å²) >= 11 is 0. The lowest BCUT2D eigenvalue weighted by molar-refractivity contribution is -0.130. The van der Waals surface area contributed by atoms with Crippen LogP contribution in [0.4, 0.5) is 16.0 Å². The Kier molecular flexibility index (Phi) is 6.33. The van der Waals surface area contributed by atoms with Crippen molar-refractivity contribution in [2.75, 3.05) is 37.2 Å². The number of piperazine rings is 1. The molecule has 3 aromatic rings. The van der Waals surface area contributed by atoms with E-state index >= 15 is 0 Å². The van der Waals surface area contributed by atoms with E-state index in [9.17, 15) is 14.4 Å². The van der Waals surface area contributed by atoms with Gasteiger partial charge in [-0.15, -0.1) is 0 Å². The molecular formula is C23H25FN8O. The highest BCUT2D eigenvalue weighted by Crippen LogP contribution is 2.28. The molecule has 1 fully saturated rings. The predicted molar refractivity (Wildman–Crippen MR) is 122 cm³/mol. The molecule has 3 heterocycles. The number of nitrogens with two attached hydrogens (primary N) is 1. The maximum Gasteiger partial charge on any atom is 0.219 e. The molecule has 1 amide bonds. The van der Waals surface area contributed by atoms with Crippen LogP contribution in [0.25, 0.3) is 10.9 Å². The molecule has 0 aliphatic carbocycles. The van der Waals surface area contributed by atoms with E-state index in [0.717, 1.165) is 29.7 Å². The van der Waals surface area contributed by atoms with Crippen molar-refractivity contribution in [1.29, 1.82) is 5.26 Å². The molecule has 0 saturated carbocycles. The van der Waals surface area contributed by atoms with Gasteiger partial charge in [-0.25, -0.2) is 14.4 Å². The Morgan fingerprint density at radius 1 is 1.27 bits per heavy atom. The summed E-state index contributed by atoms with van der Waals surface area (Å²) in [4.78, 5) is 28.5. The summed E-state index contributed by atoms with van der Waals surface area (Å²) in [6, 6.07) is 8.29. The summed E-state index contributed by atoms with van der Waals surface area (Å²) < 4.78 is 13.9. The summed E-state index contributed by atoms with van der Waals surface area (Å²) in [5.41, 5.74) is 8.29. The van der Waals surface area contributed by atoms with Gasteiger partial charge >= 0.3 is 0 Å². The third kappa shape index (κ3) is 4.83. The highest BCUT2D eigenvalue weighted by Gasteiger charge is 2.22. The smallest absolute Gasteiger partial charge is 0.219 e. The van der Waals surface area contributed by atoms with Gasteiger partial charge in [0.05, 0.1) is 17.3 Å². The molecule has 0 unspecified atom stereocenters. The van der Waals surface area contributed by atoms with Gasteiger partial charge in [-0.3, -0.25) is 14.7 Å². The van der Waals surface area contributed by atoms with Gasteiger partial charge < -0.3 is 16.0 Å². The van der Waals surface area contributed by atoms with Crippen LogP contribution in [0.2, 0.25) is 0 Å². The molecular weight excluding hydrogens is 423 g/mol. The van der Waals surface area contributed by atoms with E-state index in [2.05, 4.69) is 20.2 Å². The number of benzene rings is 1. The van der Waals surface area contributed by atoms with Crippen molar-refractivity contribution in [2.45, 2.75) is 26.4 Å². The average molecular weight is 449 g/mol. The Bertz CT molecular complexity index is 1230. The fraction of sp³-hybridized carbons (Fsp3) is 0.348. The molecule has 1 aliphatic heterocycles. The molecule has 1 saturated heterocycles. The van der Waals surface area contributed by atoms with Gasteiger partial charge in [0, 0.05) is 51.1 Å². The third-order valence-corrected chi connectivity index (χ3v) is 5.89. The number of aromatic nitrogens is 3. The normalized spacial score (nSPS) is 15.3. The van der Waals surface area contributed by atoms with Gasteiger partial charge in [0.15, 0.2) is 0 Å². The predicted octanol–water partition coefficient (Wildman–Crippen LogP) is 2.45. The first-order valence-electron chi connectivity index (χ1n) is 10.7. The molecule has 4 rings (SSSR count). The maximum absolute atomic E-state index is 13.9. The van der Waals surface area contributed by atoms with E-state index in [1.165, 1.54) is 18.5 Å². The van der Waals surface area contributed by atoms with Crippen LogP contribution in [0.1, 0.15) is 36.7 Å². The minimum Gasteiger partial charge on any atom is -0.382 e. The van der Waals surface area contributed by atoms with Crippen molar-refractivity contribution in [3.63, 3.8) is 0 Å². The number of halogens is 1. The molecule has 0 bridgehead atoms. The quantitative estimate of drug-likeness (QED) is 0.610. The number of rotatable bonds is 5. The molecule has 0 radical (unpaired) electrons. The maximum atomic E-state index is 13.9. The molecule has 3 N–H and O–H groups in total. The third-order valence-electron chi connectivity index (χ3n) is 5.89. The molecule has 1 aliphatic rings. The van der Waals surface area contributed by atoms with E-state index in [-0.39, 0.29) is 29.1 Å². The number of nitrogen functional groups attached to an aromatic ring is 1. The van der Waals surface area contributed by atoms with E-state index in [4.69, 9.17) is 10.7 Å². The van der Waals surface area contributed by atoms with Gasteiger partial charge in [0.25, 0.3) is 0 Å². The number of carbonyl (C=O) groups is 1.